The molecule has 0 saturated carbocycles. The molecule has 4 rings (SSSR count). The molecule has 0 bridgehead atoms. The number of carbonyl (C=O) groups excluding carboxylic acids is 1. The lowest BCUT2D eigenvalue weighted by atomic mass is 9.93. The number of rotatable bonds is 2. The Morgan fingerprint density at radius 3 is 2.96 bits per heavy atom. The zero-order valence-corrected chi connectivity index (χ0v) is 16.6. The van der Waals surface area contributed by atoms with Crippen LogP contribution in [0.4, 0.5) is 4.79 Å². The first-order chi connectivity index (χ1) is 12.6. The van der Waals surface area contributed by atoms with Gasteiger partial charge in [0.25, 0.3) is 0 Å². The van der Waals surface area contributed by atoms with Crippen LogP contribution < -0.4 is 0 Å². The van der Waals surface area contributed by atoms with Crippen molar-refractivity contribution < 1.29 is 9.53 Å². The van der Waals surface area contributed by atoms with Crippen molar-refractivity contribution in [1.29, 1.82) is 0 Å². The predicted molar refractivity (Wildman–Crippen MR) is 107 cm³/mol. The molecular weight excluding hydrogens is 416 g/mol. The number of nitrogens with zero attached hydrogens (tertiary/aromatic N) is 1. The van der Waals surface area contributed by atoms with Crippen LogP contribution in [-0.2, 0) is 11.2 Å². The first kappa shape index (κ1) is 17.4. The van der Waals surface area contributed by atoms with E-state index in [1.54, 1.807) is 4.90 Å². The summed E-state index contributed by atoms with van der Waals surface area (Å²) in [5, 5.41) is 1.84. The van der Waals surface area contributed by atoms with E-state index in [-0.39, 0.29) is 12.1 Å². The molecule has 134 valence electrons. The SMILES string of the molecule is CCOC(=O)N1CCc2c([nH]c3ccc(Cl)cc23)C1c1cccc(Br)c1. The van der Waals surface area contributed by atoms with Crippen molar-refractivity contribution in [2.75, 3.05) is 13.2 Å². The largest absolute Gasteiger partial charge is 0.450 e. The average molecular weight is 434 g/mol. The number of hydrogen-bond donors (Lipinski definition) is 1. The normalized spacial score (nSPS) is 16.6. The van der Waals surface area contributed by atoms with E-state index in [4.69, 9.17) is 16.3 Å². The van der Waals surface area contributed by atoms with Crippen molar-refractivity contribution in [2.45, 2.75) is 19.4 Å². The minimum atomic E-state index is -0.292. The van der Waals surface area contributed by atoms with Gasteiger partial charge >= 0.3 is 6.09 Å². The fraction of sp³-hybridized carbons (Fsp3) is 0.250. The third kappa shape index (κ3) is 2.99. The van der Waals surface area contributed by atoms with Gasteiger partial charge in [0.1, 0.15) is 6.04 Å². The molecule has 3 aromatic rings. The number of carbonyl (C=O) groups is 1. The van der Waals surface area contributed by atoms with Crippen molar-refractivity contribution in [3.63, 3.8) is 0 Å². The van der Waals surface area contributed by atoms with Crippen molar-refractivity contribution in [3.8, 4) is 0 Å². The summed E-state index contributed by atoms with van der Waals surface area (Å²) < 4.78 is 6.29. The number of benzene rings is 2. The van der Waals surface area contributed by atoms with E-state index in [1.165, 1.54) is 5.56 Å². The monoisotopic (exact) mass is 432 g/mol. The molecule has 0 radical (unpaired) electrons. The van der Waals surface area contributed by atoms with Gasteiger partial charge in [-0.25, -0.2) is 4.79 Å². The predicted octanol–water partition coefficient (Wildman–Crippen LogP) is 5.69. The fourth-order valence-corrected chi connectivity index (χ4v) is 4.28. The van der Waals surface area contributed by atoms with E-state index in [1.807, 2.05) is 49.4 Å². The second kappa shape index (κ2) is 6.97. The molecular formula is C20H18BrClN2O2. The third-order valence-corrected chi connectivity index (χ3v) is 5.48. The highest BCUT2D eigenvalue weighted by molar-refractivity contribution is 9.10. The third-order valence-electron chi connectivity index (χ3n) is 4.76. The molecule has 2 aromatic carbocycles. The Bertz CT molecular complexity index is 985. The lowest BCUT2D eigenvalue weighted by molar-refractivity contribution is 0.0932. The Kier molecular flexibility index (Phi) is 4.67. The van der Waals surface area contributed by atoms with E-state index in [9.17, 15) is 4.79 Å². The highest BCUT2D eigenvalue weighted by atomic mass is 79.9. The zero-order valence-electron chi connectivity index (χ0n) is 14.3. The van der Waals surface area contributed by atoms with Crippen LogP contribution in [0.25, 0.3) is 10.9 Å². The van der Waals surface area contributed by atoms with Crippen LogP contribution in [0.15, 0.2) is 46.9 Å². The van der Waals surface area contributed by atoms with Gasteiger partial charge < -0.3 is 9.72 Å². The van der Waals surface area contributed by atoms with Crippen LogP contribution in [0.5, 0.6) is 0 Å². The molecule has 1 aliphatic rings. The Balaban J connectivity index is 1.89. The van der Waals surface area contributed by atoms with Crippen LogP contribution in [-0.4, -0.2) is 29.1 Å². The molecule has 0 spiro atoms. The molecule has 26 heavy (non-hydrogen) atoms. The topological polar surface area (TPSA) is 45.3 Å². The molecule has 2 heterocycles. The van der Waals surface area contributed by atoms with Gasteiger partial charge in [-0.1, -0.05) is 39.7 Å². The molecule has 4 nitrogen and oxygen atoms in total. The molecule has 1 aliphatic heterocycles. The average Bonchev–Trinajstić information content (AvgIpc) is 2.99. The second-order valence-corrected chi connectivity index (χ2v) is 7.66. The zero-order chi connectivity index (χ0) is 18.3. The highest BCUT2D eigenvalue weighted by Crippen LogP contribution is 2.39. The maximum Gasteiger partial charge on any atom is 0.410 e. The first-order valence-electron chi connectivity index (χ1n) is 8.57. The molecule has 6 heteroatoms. The summed E-state index contributed by atoms with van der Waals surface area (Å²) in [5.74, 6) is 0. The summed E-state index contributed by atoms with van der Waals surface area (Å²) in [4.78, 5) is 17.9. The number of H-pyrrole nitrogens is 1. The number of halogens is 2. The number of aromatic nitrogens is 1. The van der Waals surface area contributed by atoms with Crippen molar-refractivity contribution in [3.05, 3.63) is 68.8 Å². The fourth-order valence-electron chi connectivity index (χ4n) is 3.69. The lowest BCUT2D eigenvalue weighted by Crippen LogP contribution is -2.41. The highest BCUT2D eigenvalue weighted by Gasteiger charge is 2.35. The molecule has 1 atom stereocenters. The van der Waals surface area contributed by atoms with Gasteiger partial charge in [-0.15, -0.1) is 0 Å². The van der Waals surface area contributed by atoms with Crippen molar-refractivity contribution >= 4 is 44.5 Å². The van der Waals surface area contributed by atoms with E-state index >= 15 is 0 Å². The van der Waals surface area contributed by atoms with Crippen LogP contribution in [0, 0.1) is 0 Å². The quantitative estimate of drug-likeness (QED) is 0.564. The number of hydrogen-bond acceptors (Lipinski definition) is 2. The molecule has 0 aliphatic carbocycles. The summed E-state index contributed by atoms with van der Waals surface area (Å²) in [7, 11) is 0. The standard InChI is InChI=1S/C20H18BrClN2O2/c1-2-26-20(25)24-9-8-15-16-11-14(22)6-7-17(16)23-18(15)19(24)12-4-3-5-13(21)10-12/h3-7,10-11,19,23H,2,8-9H2,1H3. The van der Waals surface area contributed by atoms with Crippen LogP contribution in [0.1, 0.15) is 29.8 Å². The van der Waals surface area contributed by atoms with Crippen molar-refractivity contribution in [2.24, 2.45) is 0 Å². The Morgan fingerprint density at radius 1 is 1.35 bits per heavy atom. The molecule has 1 unspecified atom stereocenters. The number of fused-ring (bicyclic) bond motifs is 3. The minimum absolute atomic E-state index is 0.221. The summed E-state index contributed by atoms with van der Waals surface area (Å²) in [6.45, 7) is 2.78. The summed E-state index contributed by atoms with van der Waals surface area (Å²) in [5.41, 5.74) is 4.31. The maximum atomic E-state index is 12.6. The molecule has 0 saturated heterocycles. The number of ether oxygens (including phenoxy) is 1. The van der Waals surface area contributed by atoms with Gasteiger partial charge in [0.05, 0.1) is 6.61 Å². The van der Waals surface area contributed by atoms with E-state index in [0.29, 0.717) is 18.2 Å². The van der Waals surface area contributed by atoms with E-state index < -0.39 is 0 Å². The summed E-state index contributed by atoms with van der Waals surface area (Å²) >= 11 is 9.75. The van der Waals surface area contributed by atoms with Gasteiger partial charge in [0.2, 0.25) is 0 Å². The number of nitrogens with one attached hydrogen (secondary N) is 1. The van der Waals surface area contributed by atoms with Crippen LogP contribution in [0.2, 0.25) is 5.02 Å². The first-order valence-corrected chi connectivity index (χ1v) is 9.74. The van der Waals surface area contributed by atoms with Gasteiger partial charge in [0.15, 0.2) is 0 Å². The molecule has 0 fully saturated rings. The number of aromatic amines is 1. The van der Waals surface area contributed by atoms with Gasteiger partial charge in [-0.05, 0) is 54.8 Å². The van der Waals surface area contributed by atoms with E-state index in [2.05, 4.69) is 20.9 Å². The Labute approximate surface area is 165 Å². The van der Waals surface area contributed by atoms with Crippen LogP contribution >= 0.6 is 27.5 Å². The summed E-state index contributed by atoms with van der Waals surface area (Å²) in [6.07, 6.45) is 0.471. The Morgan fingerprint density at radius 2 is 2.19 bits per heavy atom. The van der Waals surface area contributed by atoms with Crippen LogP contribution in [0.3, 0.4) is 0 Å². The Hall–Kier alpha value is -1.98. The lowest BCUT2D eigenvalue weighted by Gasteiger charge is -2.35. The van der Waals surface area contributed by atoms with Gasteiger partial charge in [-0.2, -0.15) is 0 Å². The van der Waals surface area contributed by atoms with E-state index in [0.717, 1.165) is 33.1 Å². The second-order valence-electron chi connectivity index (χ2n) is 6.31. The van der Waals surface area contributed by atoms with Gasteiger partial charge in [-0.3, -0.25) is 4.90 Å². The minimum Gasteiger partial charge on any atom is -0.450 e. The summed E-state index contributed by atoms with van der Waals surface area (Å²) in [6, 6.07) is 13.7. The number of amides is 1. The maximum absolute atomic E-state index is 12.6. The molecule has 1 aromatic heterocycles. The molecule has 1 N–H and O–H groups in total. The smallest absolute Gasteiger partial charge is 0.410 e. The van der Waals surface area contributed by atoms with Gasteiger partial charge in [0, 0.05) is 32.6 Å². The molecule has 1 amide bonds. The van der Waals surface area contributed by atoms with Crippen molar-refractivity contribution in [1.82, 2.24) is 9.88 Å².